The molecule has 1 aliphatic heterocycles. The molecule has 1 aliphatic rings. The molecule has 0 amide bonds. The topological polar surface area (TPSA) is 23.5 Å². The molecule has 106 valence electrons. The van der Waals surface area contributed by atoms with Crippen LogP contribution < -0.4 is 4.90 Å². The molecule has 0 saturated carbocycles. The van der Waals surface area contributed by atoms with Gasteiger partial charge in [-0.05, 0) is 55.0 Å². The Hall–Kier alpha value is -1.39. The third-order valence-corrected chi connectivity index (χ3v) is 4.93. The second-order valence-corrected chi connectivity index (χ2v) is 6.38. The van der Waals surface area contributed by atoms with Crippen molar-refractivity contribution >= 4 is 17.0 Å². The first kappa shape index (κ1) is 13.6. The molecule has 1 aromatic carbocycles. The maximum atomic E-state index is 13.7. The number of anilines is 1. The largest absolute Gasteiger partial charge is 0.389 e. The number of aryl methyl sites for hydroxylation is 1. The first-order valence-electron chi connectivity index (χ1n) is 6.84. The molecule has 4 heteroatoms. The quantitative estimate of drug-likeness (QED) is 0.909. The molecular weight excluding hydrogens is 273 g/mol. The number of fused-ring (bicyclic) bond motifs is 1. The van der Waals surface area contributed by atoms with E-state index in [1.807, 2.05) is 6.07 Å². The number of hydrogen-bond acceptors (Lipinski definition) is 3. The minimum atomic E-state index is -0.663. The number of aliphatic hydroxyl groups is 1. The second-order valence-electron chi connectivity index (χ2n) is 5.38. The van der Waals surface area contributed by atoms with Crippen molar-refractivity contribution in [3.63, 3.8) is 0 Å². The van der Waals surface area contributed by atoms with Gasteiger partial charge in [-0.15, -0.1) is 11.3 Å². The lowest BCUT2D eigenvalue weighted by Gasteiger charge is -2.31. The highest BCUT2D eigenvalue weighted by Crippen LogP contribution is 2.33. The predicted octanol–water partition coefficient (Wildman–Crippen LogP) is 3.81. The van der Waals surface area contributed by atoms with E-state index < -0.39 is 6.10 Å². The van der Waals surface area contributed by atoms with Gasteiger partial charge in [0, 0.05) is 29.2 Å². The molecule has 1 atom stereocenters. The summed E-state index contributed by atoms with van der Waals surface area (Å²) in [6, 6.07) is 5.48. The van der Waals surface area contributed by atoms with Crippen LogP contribution in [0.5, 0.6) is 0 Å². The molecule has 0 radical (unpaired) electrons. The van der Waals surface area contributed by atoms with Gasteiger partial charge in [0.05, 0.1) is 6.10 Å². The number of thiophene rings is 1. The standard InChI is InChI=1S/C16H18FNOS/c1-10-7-15(13(11(2)19)8-14(10)17)18-5-3-16-12(9-18)4-6-20-16/h4,6-8,11,19H,3,5,9H2,1-2H3/t11-/m1/s1. The fourth-order valence-electron chi connectivity index (χ4n) is 2.74. The maximum Gasteiger partial charge on any atom is 0.126 e. The fourth-order valence-corrected chi connectivity index (χ4v) is 3.63. The van der Waals surface area contributed by atoms with Crippen molar-refractivity contribution in [2.24, 2.45) is 0 Å². The second kappa shape index (κ2) is 5.19. The van der Waals surface area contributed by atoms with E-state index in [2.05, 4.69) is 16.3 Å². The van der Waals surface area contributed by atoms with Crippen LogP contribution >= 0.6 is 11.3 Å². The van der Waals surface area contributed by atoms with Crippen LogP contribution in [-0.2, 0) is 13.0 Å². The summed E-state index contributed by atoms with van der Waals surface area (Å²) >= 11 is 1.80. The number of rotatable bonds is 2. The Morgan fingerprint density at radius 1 is 1.40 bits per heavy atom. The Morgan fingerprint density at radius 2 is 2.20 bits per heavy atom. The summed E-state index contributed by atoms with van der Waals surface area (Å²) in [5.41, 5.74) is 3.60. The first-order chi connectivity index (χ1) is 9.56. The number of nitrogens with zero attached hydrogens (tertiary/aromatic N) is 1. The molecular formula is C16H18FNOS. The highest BCUT2D eigenvalue weighted by atomic mass is 32.1. The molecule has 2 nitrogen and oxygen atoms in total. The average Bonchev–Trinajstić information content (AvgIpc) is 2.88. The molecule has 0 bridgehead atoms. The first-order valence-corrected chi connectivity index (χ1v) is 7.72. The van der Waals surface area contributed by atoms with Gasteiger partial charge in [-0.3, -0.25) is 0 Å². The summed E-state index contributed by atoms with van der Waals surface area (Å²) in [7, 11) is 0. The smallest absolute Gasteiger partial charge is 0.126 e. The van der Waals surface area contributed by atoms with Gasteiger partial charge < -0.3 is 10.0 Å². The van der Waals surface area contributed by atoms with Crippen molar-refractivity contribution < 1.29 is 9.50 Å². The van der Waals surface area contributed by atoms with E-state index >= 15 is 0 Å². The molecule has 0 saturated heterocycles. The predicted molar refractivity (Wildman–Crippen MR) is 80.8 cm³/mol. The molecule has 0 fully saturated rings. The minimum absolute atomic E-state index is 0.252. The summed E-state index contributed by atoms with van der Waals surface area (Å²) < 4.78 is 13.7. The van der Waals surface area contributed by atoms with Crippen LogP contribution in [0.3, 0.4) is 0 Å². The van der Waals surface area contributed by atoms with Gasteiger partial charge in [0.15, 0.2) is 0 Å². The van der Waals surface area contributed by atoms with Crippen LogP contribution in [0.25, 0.3) is 0 Å². The van der Waals surface area contributed by atoms with Crippen molar-refractivity contribution in [2.45, 2.75) is 32.9 Å². The zero-order valence-corrected chi connectivity index (χ0v) is 12.5. The molecule has 2 aromatic rings. The monoisotopic (exact) mass is 291 g/mol. The van der Waals surface area contributed by atoms with Crippen LogP contribution in [-0.4, -0.2) is 11.7 Å². The molecule has 3 rings (SSSR count). The highest BCUT2D eigenvalue weighted by Gasteiger charge is 2.22. The Bertz CT molecular complexity index is 635. The van der Waals surface area contributed by atoms with Gasteiger partial charge >= 0.3 is 0 Å². The molecule has 1 N–H and O–H groups in total. The summed E-state index contributed by atoms with van der Waals surface area (Å²) in [6.07, 6.45) is 0.354. The van der Waals surface area contributed by atoms with Crippen LogP contribution in [0.1, 0.15) is 34.6 Å². The summed E-state index contributed by atoms with van der Waals surface area (Å²) in [6.45, 7) is 5.21. The Kier molecular flexibility index (Phi) is 3.52. The van der Waals surface area contributed by atoms with Gasteiger partial charge in [0.1, 0.15) is 5.82 Å². The molecule has 20 heavy (non-hydrogen) atoms. The molecule has 0 aliphatic carbocycles. The molecule has 0 spiro atoms. The Morgan fingerprint density at radius 3 is 2.95 bits per heavy atom. The number of hydrogen-bond donors (Lipinski definition) is 1. The third-order valence-electron chi connectivity index (χ3n) is 3.91. The number of aliphatic hydroxyl groups excluding tert-OH is 1. The SMILES string of the molecule is Cc1cc(N2CCc3sccc3C2)c([C@@H](C)O)cc1F. The lowest BCUT2D eigenvalue weighted by Crippen LogP contribution is -2.30. The van der Waals surface area contributed by atoms with E-state index in [4.69, 9.17) is 0 Å². The normalized spacial score (nSPS) is 16.1. The van der Waals surface area contributed by atoms with Gasteiger partial charge in [-0.2, -0.15) is 0 Å². The van der Waals surface area contributed by atoms with E-state index in [0.717, 1.165) is 25.2 Å². The number of benzene rings is 1. The average molecular weight is 291 g/mol. The van der Waals surface area contributed by atoms with E-state index in [9.17, 15) is 9.50 Å². The third kappa shape index (κ3) is 2.34. The van der Waals surface area contributed by atoms with Crippen LogP contribution in [0, 0.1) is 12.7 Å². The van der Waals surface area contributed by atoms with E-state index in [0.29, 0.717) is 11.1 Å². The van der Waals surface area contributed by atoms with Crippen molar-refractivity contribution in [3.05, 3.63) is 51.0 Å². The molecule has 2 heterocycles. The summed E-state index contributed by atoms with van der Waals surface area (Å²) in [5, 5.41) is 12.0. The Labute approximate surface area is 122 Å². The summed E-state index contributed by atoms with van der Waals surface area (Å²) in [5.74, 6) is -0.252. The summed E-state index contributed by atoms with van der Waals surface area (Å²) in [4.78, 5) is 3.68. The fraction of sp³-hybridized carbons (Fsp3) is 0.375. The van der Waals surface area contributed by atoms with Gasteiger partial charge in [0.2, 0.25) is 0 Å². The van der Waals surface area contributed by atoms with E-state index in [1.54, 1.807) is 25.2 Å². The van der Waals surface area contributed by atoms with Gasteiger partial charge in [-0.25, -0.2) is 4.39 Å². The zero-order chi connectivity index (χ0) is 14.3. The van der Waals surface area contributed by atoms with Crippen molar-refractivity contribution in [2.75, 3.05) is 11.4 Å². The lowest BCUT2D eigenvalue weighted by molar-refractivity contribution is 0.199. The van der Waals surface area contributed by atoms with Crippen LogP contribution in [0.2, 0.25) is 0 Å². The number of halogens is 1. The zero-order valence-electron chi connectivity index (χ0n) is 11.7. The molecule has 0 unspecified atom stereocenters. The minimum Gasteiger partial charge on any atom is -0.389 e. The van der Waals surface area contributed by atoms with Gasteiger partial charge in [-0.1, -0.05) is 0 Å². The Balaban J connectivity index is 2.00. The van der Waals surface area contributed by atoms with E-state index in [-0.39, 0.29) is 5.82 Å². The van der Waals surface area contributed by atoms with Crippen LogP contribution in [0.4, 0.5) is 10.1 Å². The lowest BCUT2D eigenvalue weighted by atomic mass is 10.0. The van der Waals surface area contributed by atoms with E-state index in [1.165, 1.54) is 16.5 Å². The van der Waals surface area contributed by atoms with Crippen molar-refractivity contribution in [1.29, 1.82) is 0 Å². The van der Waals surface area contributed by atoms with Crippen LogP contribution in [0.15, 0.2) is 23.6 Å². The van der Waals surface area contributed by atoms with Crippen molar-refractivity contribution in [1.82, 2.24) is 0 Å². The highest BCUT2D eigenvalue weighted by molar-refractivity contribution is 7.10. The maximum absolute atomic E-state index is 13.7. The molecule has 1 aromatic heterocycles. The van der Waals surface area contributed by atoms with Gasteiger partial charge in [0.25, 0.3) is 0 Å². The van der Waals surface area contributed by atoms with Crippen molar-refractivity contribution in [3.8, 4) is 0 Å².